The van der Waals surface area contributed by atoms with Crippen LogP contribution in [0.3, 0.4) is 0 Å². The Labute approximate surface area is 99.0 Å². The van der Waals surface area contributed by atoms with Gasteiger partial charge in [-0.2, -0.15) is 0 Å². The lowest BCUT2D eigenvalue weighted by Gasteiger charge is -2.39. The van der Waals surface area contributed by atoms with Crippen molar-refractivity contribution in [3.05, 3.63) is 29.8 Å². The SMILES string of the molecule is CC1CC(c2ccc(N)cc2)CC(C)(C)C1. The van der Waals surface area contributed by atoms with Crippen LogP contribution in [-0.2, 0) is 0 Å². The summed E-state index contributed by atoms with van der Waals surface area (Å²) in [5, 5.41) is 0. The van der Waals surface area contributed by atoms with Gasteiger partial charge in [-0.15, -0.1) is 0 Å². The first-order chi connectivity index (χ1) is 7.46. The zero-order chi connectivity index (χ0) is 11.8. The molecule has 0 radical (unpaired) electrons. The van der Waals surface area contributed by atoms with E-state index in [1.165, 1.54) is 24.8 Å². The summed E-state index contributed by atoms with van der Waals surface area (Å²) in [4.78, 5) is 0. The highest BCUT2D eigenvalue weighted by Crippen LogP contribution is 2.45. The molecular weight excluding hydrogens is 194 g/mol. The first kappa shape index (κ1) is 11.5. The van der Waals surface area contributed by atoms with Crippen LogP contribution in [-0.4, -0.2) is 0 Å². The molecule has 0 spiro atoms. The lowest BCUT2D eigenvalue weighted by Crippen LogP contribution is -2.26. The predicted molar refractivity (Wildman–Crippen MR) is 70.4 cm³/mol. The Morgan fingerprint density at radius 2 is 1.75 bits per heavy atom. The number of hydrogen-bond acceptors (Lipinski definition) is 1. The molecule has 0 aromatic heterocycles. The second-order valence-electron chi connectivity index (χ2n) is 6.28. The van der Waals surface area contributed by atoms with Gasteiger partial charge in [0.25, 0.3) is 0 Å². The Balaban J connectivity index is 2.17. The minimum atomic E-state index is 0.490. The fourth-order valence-electron chi connectivity index (χ4n) is 3.37. The van der Waals surface area contributed by atoms with E-state index in [1.807, 2.05) is 12.1 Å². The number of nitrogen functional groups attached to an aromatic ring is 1. The molecule has 0 heterocycles. The molecule has 16 heavy (non-hydrogen) atoms. The summed E-state index contributed by atoms with van der Waals surface area (Å²) in [5.74, 6) is 1.56. The van der Waals surface area contributed by atoms with E-state index in [0.29, 0.717) is 5.41 Å². The van der Waals surface area contributed by atoms with E-state index in [1.54, 1.807) is 0 Å². The molecule has 88 valence electrons. The minimum absolute atomic E-state index is 0.490. The average molecular weight is 217 g/mol. The molecule has 2 N–H and O–H groups in total. The summed E-state index contributed by atoms with van der Waals surface area (Å²) < 4.78 is 0. The number of rotatable bonds is 1. The van der Waals surface area contributed by atoms with Crippen molar-refractivity contribution in [3.63, 3.8) is 0 Å². The number of benzene rings is 1. The smallest absolute Gasteiger partial charge is 0.0314 e. The maximum atomic E-state index is 5.74. The summed E-state index contributed by atoms with van der Waals surface area (Å²) in [6.45, 7) is 7.17. The van der Waals surface area contributed by atoms with Gasteiger partial charge in [0, 0.05) is 5.69 Å². The molecule has 2 rings (SSSR count). The van der Waals surface area contributed by atoms with Crippen LogP contribution in [0.4, 0.5) is 5.69 Å². The Morgan fingerprint density at radius 1 is 1.12 bits per heavy atom. The van der Waals surface area contributed by atoms with E-state index in [2.05, 4.69) is 32.9 Å². The number of hydrogen-bond donors (Lipinski definition) is 1. The van der Waals surface area contributed by atoms with Gasteiger partial charge < -0.3 is 5.73 Å². The van der Waals surface area contributed by atoms with Crippen LogP contribution in [0.25, 0.3) is 0 Å². The summed E-state index contributed by atoms with van der Waals surface area (Å²) in [7, 11) is 0. The summed E-state index contributed by atoms with van der Waals surface area (Å²) >= 11 is 0. The van der Waals surface area contributed by atoms with E-state index in [0.717, 1.165) is 17.5 Å². The van der Waals surface area contributed by atoms with Crippen molar-refractivity contribution in [2.75, 3.05) is 5.73 Å². The molecule has 0 amide bonds. The standard InChI is InChI=1S/C15H23N/c1-11-8-13(10-15(2,3)9-11)12-4-6-14(16)7-5-12/h4-7,11,13H,8-10,16H2,1-3H3. The van der Waals surface area contributed by atoms with Crippen molar-refractivity contribution in [1.29, 1.82) is 0 Å². The third kappa shape index (κ3) is 2.58. The van der Waals surface area contributed by atoms with Crippen LogP contribution in [0.2, 0.25) is 0 Å². The molecule has 0 saturated heterocycles. The van der Waals surface area contributed by atoms with Gasteiger partial charge in [-0.25, -0.2) is 0 Å². The Hall–Kier alpha value is -0.980. The van der Waals surface area contributed by atoms with Crippen molar-refractivity contribution in [3.8, 4) is 0 Å². The van der Waals surface area contributed by atoms with Crippen molar-refractivity contribution in [1.82, 2.24) is 0 Å². The molecule has 1 aromatic rings. The van der Waals surface area contributed by atoms with Gasteiger partial charge in [0.05, 0.1) is 0 Å². The Morgan fingerprint density at radius 3 is 2.31 bits per heavy atom. The summed E-state index contributed by atoms with van der Waals surface area (Å²) in [5.41, 5.74) is 8.56. The van der Waals surface area contributed by atoms with Crippen molar-refractivity contribution in [2.45, 2.75) is 46.0 Å². The highest BCUT2D eigenvalue weighted by molar-refractivity contribution is 5.40. The summed E-state index contributed by atoms with van der Waals surface area (Å²) in [6, 6.07) is 8.46. The van der Waals surface area contributed by atoms with E-state index >= 15 is 0 Å². The predicted octanol–water partition coefficient (Wildman–Crippen LogP) is 4.20. The van der Waals surface area contributed by atoms with E-state index < -0.39 is 0 Å². The van der Waals surface area contributed by atoms with Crippen molar-refractivity contribution >= 4 is 5.69 Å². The quantitative estimate of drug-likeness (QED) is 0.701. The second kappa shape index (κ2) is 4.12. The summed E-state index contributed by atoms with van der Waals surface area (Å²) in [6.07, 6.45) is 3.99. The van der Waals surface area contributed by atoms with Crippen molar-refractivity contribution in [2.24, 2.45) is 11.3 Å². The topological polar surface area (TPSA) is 26.0 Å². The maximum absolute atomic E-state index is 5.74. The third-order valence-electron chi connectivity index (χ3n) is 3.79. The second-order valence-corrected chi connectivity index (χ2v) is 6.28. The van der Waals surface area contributed by atoms with Crippen LogP contribution in [0, 0.1) is 11.3 Å². The molecule has 2 atom stereocenters. The molecule has 1 aliphatic carbocycles. The number of anilines is 1. The lowest BCUT2D eigenvalue weighted by atomic mass is 9.66. The van der Waals surface area contributed by atoms with Gasteiger partial charge in [0.2, 0.25) is 0 Å². The lowest BCUT2D eigenvalue weighted by molar-refractivity contribution is 0.168. The average Bonchev–Trinajstić information content (AvgIpc) is 2.15. The zero-order valence-electron chi connectivity index (χ0n) is 10.7. The molecule has 1 nitrogen and oxygen atoms in total. The maximum Gasteiger partial charge on any atom is 0.0314 e. The van der Waals surface area contributed by atoms with Crippen LogP contribution in [0.15, 0.2) is 24.3 Å². The molecule has 1 aliphatic rings. The van der Waals surface area contributed by atoms with Gasteiger partial charge in [0.15, 0.2) is 0 Å². The zero-order valence-corrected chi connectivity index (χ0v) is 10.7. The highest BCUT2D eigenvalue weighted by Gasteiger charge is 2.32. The van der Waals surface area contributed by atoms with Crippen LogP contribution < -0.4 is 5.73 Å². The van der Waals surface area contributed by atoms with Crippen LogP contribution >= 0.6 is 0 Å². The van der Waals surface area contributed by atoms with Gasteiger partial charge in [-0.1, -0.05) is 32.9 Å². The molecule has 2 unspecified atom stereocenters. The van der Waals surface area contributed by atoms with Gasteiger partial charge >= 0.3 is 0 Å². The van der Waals surface area contributed by atoms with Crippen LogP contribution in [0.5, 0.6) is 0 Å². The van der Waals surface area contributed by atoms with Gasteiger partial charge in [-0.3, -0.25) is 0 Å². The first-order valence-corrected chi connectivity index (χ1v) is 6.32. The van der Waals surface area contributed by atoms with E-state index in [-0.39, 0.29) is 0 Å². The van der Waals surface area contributed by atoms with Crippen molar-refractivity contribution < 1.29 is 0 Å². The first-order valence-electron chi connectivity index (χ1n) is 6.32. The molecule has 1 heteroatoms. The molecule has 0 aliphatic heterocycles. The Bertz CT molecular complexity index is 350. The Kier molecular flexibility index (Phi) is 2.96. The number of nitrogens with two attached hydrogens (primary N) is 1. The molecule has 0 bridgehead atoms. The minimum Gasteiger partial charge on any atom is -0.399 e. The monoisotopic (exact) mass is 217 g/mol. The van der Waals surface area contributed by atoms with Gasteiger partial charge in [0.1, 0.15) is 0 Å². The normalized spacial score (nSPS) is 28.9. The molecular formula is C15H23N. The molecule has 1 aromatic carbocycles. The fraction of sp³-hybridized carbons (Fsp3) is 0.600. The van der Waals surface area contributed by atoms with Crippen LogP contribution in [0.1, 0.15) is 51.5 Å². The van der Waals surface area contributed by atoms with E-state index in [9.17, 15) is 0 Å². The molecule has 1 saturated carbocycles. The largest absolute Gasteiger partial charge is 0.399 e. The third-order valence-corrected chi connectivity index (χ3v) is 3.79. The molecule has 1 fully saturated rings. The van der Waals surface area contributed by atoms with E-state index in [4.69, 9.17) is 5.73 Å². The highest BCUT2D eigenvalue weighted by atomic mass is 14.5. The fourth-order valence-corrected chi connectivity index (χ4v) is 3.37. The van der Waals surface area contributed by atoms with Gasteiger partial charge in [-0.05, 0) is 54.2 Å².